The largest absolute Gasteiger partial charge is 0.508 e. The predicted molar refractivity (Wildman–Crippen MR) is 77.9 cm³/mol. The second-order valence-corrected chi connectivity index (χ2v) is 4.97. The number of benzene rings is 1. The summed E-state index contributed by atoms with van der Waals surface area (Å²) in [6.07, 6.45) is 0. The van der Waals surface area contributed by atoms with Gasteiger partial charge in [0, 0.05) is 18.2 Å². The Labute approximate surface area is 122 Å². The number of fused-ring (bicyclic) bond motifs is 1. The van der Waals surface area contributed by atoms with Gasteiger partial charge in [-0.2, -0.15) is 5.10 Å². The normalized spacial score (nSPS) is 16.9. The van der Waals surface area contributed by atoms with Crippen LogP contribution in [0.1, 0.15) is 6.92 Å². The Hall–Kier alpha value is -2.50. The molecular formula is C15H17N3O3. The average Bonchev–Trinajstić information content (AvgIpc) is 2.91. The molecule has 3 rings (SSSR count). The first kappa shape index (κ1) is 13.5. The predicted octanol–water partition coefficient (Wildman–Crippen LogP) is 1.86. The van der Waals surface area contributed by atoms with Gasteiger partial charge in [0.1, 0.15) is 11.6 Å². The van der Waals surface area contributed by atoms with Gasteiger partial charge in [0.15, 0.2) is 0 Å². The fraction of sp³-hybridized carbons (Fsp3) is 0.333. The molecule has 0 saturated carbocycles. The lowest BCUT2D eigenvalue weighted by molar-refractivity contribution is -0.148. The molecule has 0 fully saturated rings. The van der Waals surface area contributed by atoms with Crippen molar-refractivity contribution in [3.63, 3.8) is 0 Å². The van der Waals surface area contributed by atoms with Crippen LogP contribution in [0.4, 0.5) is 5.82 Å². The number of esters is 1. The molecule has 1 unspecified atom stereocenters. The quantitative estimate of drug-likeness (QED) is 0.843. The minimum absolute atomic E-state index is 0.197. The zero-order valence-electron chi connectivity index (χ0n) is 11.7. The van der Waals surface area contributed by atoms with Gasteiger partial charge in [-0.25, -0.2) is 4.68 Å². The smallest absolute Gasteiger partial charge is 0.312 e. The third-order valence-electron chi connectivity index (χ3n) is 3.49. The van der Waals surface area contributed by atoms with E-state index in [2.05, 4.69) is 10.4 Å². The van der Waals surface area contributed by atoms with Crippen LogP contribution in [0.25, 0.3) is 11.3 Å². The lowest BCUT2D eigenvalue weighted by Crippen LogP contribution is -2.34. The number of aromatic hydroxyl groups is 1. The fourth-order valence-electron chi connectivity index (χ4n) is 2.39. The van der Waals surface area contributed by atoms with Crippen molar-refractivity contribution in [2.45, 2.75) is 13.5 Å². The molecule has 1 aromatic heterocycles. The van der Waals surface area contributed by atoms with Gasteiger partial charge in [0.25, 0.3) is 0 Å². The average molecular weight is 287 g/mol. The van der Waals surface area contributed by atoms with E-state index in [1.165, 1.54) is 0 Å². The van der Waals surface area contributed by atoms with Crippen molar-refractivity contribution in [3.05, 3.63) is 30.3 Å². The van der Waals surface area contributed by atoms with Crippen molar-refractivity contribution in [3.8, 4) is 17.0 Å². The van der Waals surface area contributed by atoms with Crippen molar-refractivity contribution in [1.29, 1.82) is 0 Å². The van der Waals surface area contributed by atoms with Crippen LogP contribution < -0.4 is 5.32 Å². The topological polar surface area (TPSA) is 76.4 Å². The number of nitrogens with one attached hydrogen (secondary N) is 1. The van der Waals surface area contributed by atoms with Gasteiger partial charge in [-0.05, 0) is 31.2 Å². The van der Waals surface area contributed by atoms with Crippen LogP contribution in [-0.2, 0) is 16.1 Å². The zero-order valence-corrected chi connectivity index (χ0v) is 11.7. The molecule has 6 nitrogen and oxygen atoms in total. The van der Waals surface area contributed by atoms with Gasteiger partial charge in [0.05, 0.1) is 24.8 Å². The second kappa shape index (κ2) is 5.47. The number of phenols is 1. The van der Waals surface area contributed by atoms with E-state index in [0.717, 1.165) is 17.1 Å². The van der Waals surface area contributed by atoms with E-state index in [1.807, 2.05) is 18.2 Å². The molecule has 2 N–H and O–H groups in total. The summed E-state index contributed by atoms with van der Waals surface area (Å²) in [5.74, 6) is 0.698. The summed E-state index contributed by atoms with van der Waals surface area (Å²) < 4.78 is 6.84. The monoisotopic (exact) mass is 287 g/mol. The Balaban J connectivity index is 1.81. The van der Waals surface area contributed by atoms with Gasteiger partial charge in [-0.15, -0.1) is 0 Å². The lowest BCUT2D eigenvalue weighted by atomic mass is 10.1. The molecule has 0 aliphatic carbocycles. The summed E-state index contributed by atoms with van der Waals surface area (Å²) >= 11 is 0. The van der Waals surface area contributed by atoms with E-state index < -0.39 is 0 Å². The Morgan fingerprint density at radius 3 is 2.95 bits per heavy atom. The Morgan fingerprint density at radius 1 is 1.48 bits per heavy atom. The fourth-order valence-corrected chi connectivity index (χ4v) is 2.39. The maximum Gasteiger partial charge on any atom is 0.312 e. The number of hydrogen-bond acceptors (Lipinski definition) is 5. The van der Waals surface area contributed by atoms with E-state index in [0.29, 0.717) is 19.7 Å². The number of carbonyl (C=O) groups is 1. The van der Waals surface area contributed by atoms with Crippen molar-refractivity contribution >= 4 is 11.8 Å². The molecule has 110 valence electrons. The standard InChI is InChI=1S/C15H17N3O3/c1-2-21-15(20)11-8-16-14-7-13(17-18(14)9-11)10-3-5-12(19)6-4-10/h3-7,11,16,19H,2,8-9H2,1H3. The van der Waals surface area contributed by atoms with Crippen molar-refractivity contribution in [2.75, 3.05) is 18.5 Å². The summed E-state index contributed by atoms with van der Waals surface area (Å²) in [5, 5.41) is 17.0. The van der Waals surface area contributed by atoms with Crippen LogP contribution in [0.15, 0.2) is 30.3 Å². The third kappa shape index (κ3) is 2.69. The van der Waals surface area contributed by atoms with Gasteiger partial charge in [-0.1, -0.05) is 0 Å². The molecule has 0 amide bonds. The number of nitrogens with zero attached hydrogens (tertiary/aromatic N) is 2. The number of phenolic OH excluding ortho intramolecular Hbond substituents is 1. The van der Waals surface area contributed by atoms with Crippen LogP contribution in [0, 0.1) is 5.92 Å². The summed E-state index contributed by atoms with van der Waals surface area (Å²) in [6.45, 7) is 3.26. The molecule has 0 saturated heterocycles. The van der Waals surface area contributed by atoms with Crippen LogP contribution >= 0.6 is 0 Å². The van der Waals surface area contributed by atoms with E-state index in [-0.39, 0.29) is 17.6 Å². The molecule has 2 aromatic rings. The molecule has 0 bridgehead atoms. The van der Waals surface area contributed by atoms with Gasteiger partial charge in [0.2, 0.25) is 0 Å². The van der Waals surface area contributed by atoms with Gasteiger partial charge < -0.3 is 15.2 Å². The van der Waals surface area contributed by atoms with Crippen LogP contribution in [0.5, 0.6) is 5.75 Å². The van der Waals surface area contributed by atoms with E-state index in [4.69, 9.17) is 4.74 Å². The van der Waals surface area contributed by atoms with Crippen molar-refractivity contribution < 1.29 is 14.6 Å². The molecule has 6 heteroatoms. The number of rotatable bonds is 3. The molecule has 0 spiro atoms. The maximum absolute atomic E-state index is 11.8. The van der Waals surface area contributed by atoms with Gasteiger partial charge in [-0.3, -0.25) is 4.79 Å². The Bertz CT molecular complexity index is 649. The lowest BCUT2D eigenvalue weighted by Gasteiger charge is -2.23. The van der Waals surface area contributed by atoms with E-state index >= 15 is 0 Å². The van der Waals surface area contributed by atoms with E-state index in [9.17, 15) is 9.90 Å². The highest BCUT2D eigenvalue weighted by atomic mass is 16.5. The first-order valence-corrected chi connectivity index (χ1v) is 6.95. The molecule has 1 aromatic carbocycles. The highest BCUT2D eigenvalue weighted by molar-refractivity contribution is 5.74. The Kier molecular flexibility index (Phi) is 3.51. The summed E-state index contributed by atoms with van der Waals surface area (Å²) in [5.41, 5.74) is 1.73. The Morgan fingerprint density at radius 2 is 2.24 bits per heavy atom. The highest BCUT2D eigenvalue weighted by Gasteiger charge is 2.26. The molecule has 1 aliphatic rings. The van der Waals surface area contributed by atoms with Crippen molar-refractivity contribution in [2.24, 2.45) is 5.92 Å². The van der Waals surface area contributed by atoms with Crippen LogP contribution in [0.2, 0.25) is 0 Å². The number of hydrogen-bond donors (Lipinski definition) is 2. The molecule has 0 radical (unpaired) electrons. The first-order valence-electron chi connectivity index (χ1n) is 6.95. The van der Waals surface area contributed by atoms with Gasteiger partial charge >= 0.3 is 5.97 Å². The van der Waals surface area contributed by atoms with Crippen molar-refractivity contribution in [1.82, 2.24) is 9.78 Å². The second-order valence-electron chi connectivity index (χ2n) is 4.97. The first-order chi connectivity index (χ1) is 10.2. The molecule has 1 atom stereocenters. The third-order valence-corrected chi connectivity index (χ3v) is 3.49. The minimum atomic E-state index is -0.218. The SMILES string of the molecule is CCOC(=O)C1CNc2cc(-c3ccc(O)cc3)nn2C1. The molecule has 21 heavy (non-hydrogen) atoms. The molecular weight excluding hydrogens is 270 g/mol. The van der Waals surface area contributed by atoms with Crippen LogP contribution in [0.3, 0.4) is 0 Å². The number of ether oxygens (including phenoxy) is 1. The molecule has 2 heterocycles. The molecule has 1 aliphatic heterocycles. The van der Waals surface area contributed by atoms with E-state index in [1.54, 1.807) is 23.7 Å². The maximum atomic E-state index is 11.8. The zero-order chi connectivity index (χ0) is 14.8. The summed E-state index contributed by atoms with van der Waals surface area (Å²) in [6, 6.07) is 8.82. The number of carbonyl (C=O) groups excluding carboxylic acids is 1. The van der Waals surface area contributed by atoms with Crippen LogP contribution in [-0.4, -0.2) is 34.0 Å². The summed E-state index contributed by atoms with van der Waals surface area (Å²) in [7, 11) is 0. The number of aromatic nitrogens is 2. The number of anilines is 1. The summed E-state index contributed by atoms with van der Waals surface area (Å²) in [4.78, 5) is 11.8. The highest BCUT2D eigenvalue weighted by Crippen LogP contribution is 2.26. The minimum Gasteiger partial charge on any atom is -0.508 e.